The molecule has 2 rings (SSSR count). The van der Waals surface area contributed by atoms with Crippen LogP contribution in [-0.2, 0) is 26.0 Å². The van der Waals surface area contributed by atoms with Crippen molar-refractivity contribution in [3.8, 4) is 5.75 Å². The van der Waals surface area contributed by atoms with Gasteiger partial charge in [0.2, 0.25) is 10.0 Å². The van der Waals surface area contributed by atoms with Gasteiger partial charge in [-0.25, -0.2) is 13.4 Å². The highest BCUT2D eigenvalue weighted by molar-refractivity contribution is 9.10. The molecule has 1 heterocycles. The zero-order chi connectivity index (χ0) is 20.2. The third-order valence-corrected chi connectivity index (χ3v) is 5.19. The molecule has 0 aliphatic carbocycles. The zero-order valence-corrected chi connectivity index (χ0v) is 16.0. The van der Waals surface area contributed by atoms with Gasteiger partial charge in [-0.1, -0.05) is 15.9 Å². The van der Waals surface area contributed by atoms with Crippen LogP contribution in [0.2, 0.25) is 0 Å². The molecule has 0 saturated heterocycles. The van der Waals surface area contributed by atoms with E-state index in [4.69, 9.17) is 0 Å². The van der Waals surface area contributed by atoms with E-state index in [2.05, 4.69) is 35.4 Å². The lowest BCUT2D eigenvalue weighted by Gasteiger charge is -2.18. The maximum atomic E-state index is 12.6. The molecule has 0 bridgehead atoms. The van der Waals surface area contributed by atoms with Crippen LogP contribution in [0.25, 0.3) is 0 Å². The number of methoxy groups -OCH3 is 1. The van der Waals surface area contributed by atoms with E-state index in [0.29, 0.717) is 5.69 Å². The Hall–Kier alpha value is -2.12. The average Bonchev–Trinajstić information content (AvgIpc) is 3.04. The van der Waals surface area contributed by atoms with E-state index in [1.54, 1.807) is 0 Å². The monoisotopic (exact) mass is 471 g/mol. The van der Waals surface area contributed by atoms with Crippen LogP contribution in [-0.4, -0.2) is 43.9 Å². The van der Waals surface area contributed by atoms with Crippen LogP contribution in [0.1, 0.15) is 5.69 Å². The number of rotatable bonds is 7. The number of nitrogens with zero attached hydrogens (tertiary/aromatic N) is 1. The van der Waals surface area contributed by atoms with Crippen LogP contribution in [0.5, 0.6) is 5.75 Å². The number of hydrogen-bond donors (Lipinski definition) is 2. The number of imidazole rings is 1. The fraction of sp³-hybridized carbons (Fsp3) is 0.286. The second-order valence-electron chi connectivity index (χ2n) is 5.12. The Morgan fingerprint density at radius 2 is 2.11 bits per heavy atom. The maximum Gasteiger partial charge on any atom is 0.573 e. The summed E-state index contributed by atoms with van der Waals surface area (Å²) in [6.07, 6.45) is -2.58. The molecule has 0 aliphatic heterocycles. The van der Waals surface area contributed by atoms with Crippen LogP contribution in [0, 0.1) is 0 Å². The van der Waals surface area contributed by atoms with Crippen molar-refractivity contribution in [3.05, 3.63) is 40.9 Å². The minimum atomic E-state index is -5.11. The molecule has 0 amide bonds. The van der Waals surface area contributed by atoms with Crippen molar-refractivity contribution in [3.63, 3.8) is 0 Å². The second kappa shape index (κ2) is 8.27. The number of hydrogen-bond acceptors (Lipinski definition) is 6. The molecule has 27 heavy (non-hydrogen) atoms. The molecule has 8 nitrogen and oxygen atoms in total. The number of halogens is 4. The largest absolute Gasteiger partial charge is 0.573 e. The Labute approximate surface area is 160 Å². The Bertz CT molecular complexity index is 903. The number of carbonyl (C=O) groups is 1. The number of esters is 1. The summed E-state index contributed by atoms with van der Waals surface area (Å²) in [7, 11) is -3.52. The van der Waals surface area contributed by atoms with Crippen molar-refractivity contribution >= 4 is 31.9 Å². The number of benzene rings is 1. The van der Waals surface area contributed by atoms with Crippen LogP contribution in [0.15, 0.2) is 40.1 Å². The standard InChI is InChI=1S/C14H13BrF3N3O5S/c1-25-13(22)10(5-9-6-19-7-20-9)21-27(23,24)12-3-2-8(15)4-11(12)26-14(16,17)18/h2-4,6-7,10,21H,5H2,1H3,(H,19,20)/t10-/m0/s1. The summed E-state index contributed by atoms with van der Waals surface area (Å²) in [4.78, 5) is 17.6. The van der Waals surface area contributed by atoms with Gasteiger partial charge in [-0.2, -0.15) is 4.72 Å². The van der Waals surface area contributed by atoms with Gasteiger partial charge in [-0.05, 0) is 18.2 Å². The Kier molecular flexibility index (Phi) is 6.49. The van der Waals surface area contributed by atoms with Crippen molar-refractivity contribution < 1.29 is 35.9 Å². The molecule has 0 spiro atoms. The Balaban J connectivity index is 2.37. The highest BCUT2D eigenvalue weighted by atomic mass is 79.9. The lowest BCUT2D eigenvalue weighted by molar-refractivity contribution is -0.275. The normalized spacial score (nSPS) is 13.2. The first-order valence-corrected chi connectivity index (χ1v) is 9.42. The minimum absolute atomic E-state index is 0.155. The summed E-state index contributed by atoms with van der Waals surface area (Å²) in [5.41, 5.74) is 0.413. The summed E-state index contributed by atoms with van der Waals surface area (Å²) in [5.74, 6) is -1.88. The van der Waals surface area contributed by atoms with Crippen LogP contribution in [0.3, 0.4) is 0 Å². The Morgan fingerprint density at radius 3 is 2.67 bits per heavy atom. The predicted octanol–water partition coefficient (Wildman–Crippen LogP) is 2.13. The van der Waals surface area contributed by atoms with Crippen LogP contribution >= 0.6 is 15.9 Å². The van der Waals surface area contributed by atoms with Gasteiger partial charge in [-0.15, -0.1) is 13.2 Å². The van der Waals surface area contributed by atoms with Crippen molar-refractivity contribution in [2.45, 2.75) is 23.7 Å². The molecule has 2 N–H and O–H groups in total. The number of nitrogens with one attached hydrogen (secondary N) is 2. The molecule has 1 atom stereocenters. The van der Waals surface area contributed by atoms with E-state index < -0.39 is 39.0 Å². The number of aromatic amines is 1. The zero-order valence-electron chi connectivity index (χ0n) is 13.6. The van der Waals surface area contributed by atoms with Gasteiger partial charge in [0.1, 0.15) is 10.9 Å². The van der Waals surface area contributed by atoms with Gasteiger partial charge in [0.15, 0.2) is 5.75 Å². The molecule has 148 valence electrons. The number of sulfonamides is 1. The van der Waals surface area contributed by atoms with Crippen LogP contribution < -0.4 is 9.46 Å². The first kappa shape index (κ1) is 21.2. The average molecular weight is 472 g/mol. The van der Waals surface area contributed by atoms with E-state index in [0.717, 1.165) is 19.2 Å². The minimum Gasteiger partial charge on any atom is -0.468 e. The van der Waals surface area contributed by atoms with Gasteiger partial charge >= 0.3 is 12.3 Å². The SMILES string of the molecule is COC(=O)[C@H](Cc1cnc[nH]1)NS(=O)(=O)c1ccc(Br)cc1OC(F)(F)F. The van der Waals surface area contributed by atoms with Crippen LogP contribution in [0.4, 0.5) is 13.2 Å². The highest BCUT2D eigenvalue weighted by Crippen LogP contribution is 2.32. The van der Waals surface area contributed by atoms with E-state index in [1.807, 2.05) is 4.72 Å². The fourth-order valence-electron chi connectivity index (χ4n) is 2.09. The summed E-state index contributed by atoms with van der Waals surface area (Å²) >= 11 is 2.95. The third-order valence-electron chi connectivity index (χ3n) is 3.18. The van der Waals surface area contributed by atoms with E-state index in [9.17, 15) is 26.4 Å². The van der Waals surface area contributed by atoms with E-state index in [1.165, 1.54) is 18.6 Å². The summed E-state index contributed by atoms with van der Waals surface area (Å²) in [6.45, 7) is 0. The molecular weight excluding hydrogens is 459 g/mol. The number of alkyl halides is 3. The molecule has 0 fully saturated rings. The van der Waals surface area contributed by atoms with Gasteiger partial charge in [0.25, 0.3) is 0 Å². The first-order chi connectivity index (χ1) is 12.5. The summed E-state index contributed by atoms with van der Waals surface area (Å²) < 4.78 is 73.6. The quantitative estimate of drug-likeness (QED) is 0.598. The number of H-pyrrole nitrogens is 1. The summed E-state index contributed by atoms with van der Waals surface area (Å²) in [5, 5.41) is 0. The van der Waals surface area contributed by atoms with Gasteiger partial charge < -0.3 is 14.5 Å². The molecule has 0 unspecified atom stereocenters. The molecule has 0 saturated carbocycles. The highest BCUT2D eigenvalue weighted by Gasteiger charge is 2.35. The predicted molar refractivity (Wildman–Crippen MR) is 89.2 cm³/mol. The van der Waals surface area contributed by atoms with Crippen molar-refractivity contribution in [2.24, 2.45) is 0 Å². The van der Waals surface area contributed by atoms with Gasteiger partial charge in [0, 0.05) is 22.8 Å². The second-order valence-corrected chi connectivity index (χ2v) is 7.71. The van der Waals surface area contributed by atoms with Crippen molar-refractivity contribution in [2.75, 3.05) is 7.11 Å². The topological polar surface area (TPSA) is 110 Å². The van der Waals surface area contributed by atoms with E-state index in [-0.39, 0.29) is 10.9 Å². The molecule has 0 radical (unpaired) electrons. The lowest BCUT2D eigenvalue weighted by atomic mass is 10.2. The number of ether oxygens (including phenoxy) is 2. The van der Waals surface area contributed by atoms with Crippen molar-refractivity contribution in [1.29, 1.82) is 0 Å². The smallest absolute Gasteiger partial charge is 0.468 e. The summed E-state index contributed by atoms with van der Waals surface area (Å²) in [6, 6.07) is 1.59. The first-order valence-electron chi connectivity index (χ1n) is 7.14. The maximum absolute atomic E-state index is 12.6. The molecule has 0 aliphatic rings. The number of aromatic nitrogens is 2. The molecule has 1 aromatic heterocycles. The van der Waals surface area contributed by atoms with Gasteiger partial charge in [0.05, 0.1) is 13.4 Å². The lowest BCUT2D eigenvalue weighted by Crippen LogP contribution is -2.43. The molecule has 1 aromatic carbocycles. The third kappa shape index (κ3) is 5.94. The Morgan fingerprint density at radius 1 is 1.41 bits per heavy atom. The van der Waals surface area contributed by atoms with Gasteiger partial charge in [-0.3, -0.25) is 4.79 Å². The fourth-order valence-corrected chi connectivity index (χ4v) is 3.72. The van der Waals surface area contributed by atoms with Crippen molar-refractivity contribution in [1.82, 2.24) is 14.7 Å². The number of carbonyl (C=O) groups excluding carboxylic acids is 1. The molecule has 13 heteroatoms. The van der Waals surface area contributed by atoms with E-state index >= 15 is 0 Å². The molecule has 2 aromatic rings. The molecular formula is C14H13BrF3N3O5S.